The minimum absolute atomic E-state index is 0.00946. The monoisotopic (exact) mass is 374 g/mol. The lowest BCUT2D eigenvalue weighted by molar-refractivity contribution is 0.0820. The lowest BCUT2D eigenvalue weighted by Crippen LogP contribution is -2.44. The molecular weight excluding hydrogens is 371 g/mol. The van der Waals surface area contributed by atoms with Crippen molar-refractivity contribution in [2.45, 2.75) is 32.8 Å². The highest BCUT2D eigenvalue weighted by Crippen LogP contribution is 2.78. The molecule has 2 saturated carbocycles. The number of alkyl halides is 6. The fourth-order valence-corrected chi connectivity index (χ4v) is 5.90. The fourth-order valence-electron chi connectivity index (χ4n) is 3.05. The molecule has 3 aliphatic carbocycles. The first-order chi connectivity index (χ1) is 8.00. The largest absolute Gasteiger partial charge is 0.252 e. The highest BCUT2D eigenvalue weighted by molar-refractivity contribution is 6.65. The van der Waals surface area contributed by atoms with Crippen LogP contribution in [0, 0.1) is 11.8 Å². The van der Waals surface area contributed by atoms with Crippen molar-refractivity contribution in [3.63, 3.8) is 0 Å². The number of allylic oxidation sites excluding steroid dienone is 2. The second-order valence-corrected chi connectivity index (χ2v) is 8.42. The fraction of sp³-hybridized carbons (Fsp3) is 0.800. The first kappa shape index (κ1) is 14.3. The molecule has 2 bridgehead atoms. The maximum atomic E-state index is 13.3. The molecule has 0 unspecified atom stereocenters. The minimum Gasteiger partial charge on any atom is -0.207 e. The third kappa shape index (κ3) is 1.31. The Morgan fingerprint density at radius 1 is 0.889 bits per heavy atom. The SMILES string of the molecule is FC1(F)C[C@H]1[C@H]1C[C@@]2(Cl)C(Cl)=C(Cl)[C@@]1(Cl)C2(Cl)Cl. The maximum Gasteiger partial charge on any atom is 0.252 e. The van der Waals surface area contributed by atoms with E-state index in [4.69, 9.17) is 69.6 Å². The predicted octanol–water partition coefficient (Wildman–Crippen LogP) is 5.49. The number of rotatable bonds is 1. The van der Waals surface area contributed by atoms with Gasteiger partial charge in [0.25, 0.3) is 5.92 Å². The molecule has 3 aliphatic rings. The summed E-state index contributed by atoms with van der Waals surface area (Å²) in [5.41, 5.74) is 0. The summed E-state index contributed by atoms with van der Waals surface area (Å²) in [5.74, 6) is -4.33. The van der Waals surface area contributed by atoms with E-state index in [-0.39, 0.29) is 22.9 Å². The molecule has 102 valence electrons. The third-order valence-electron chi connectivity index (χ3n) is 4.19. The van der Waals surface area contributed by atoms with Crippen LogP contribution < -0.4 is 0 Å². The molecule has 4 atom stereocenters. The van der Waals surface area contributed by atoms with Gasteiger partial charge >= 0.3 is 0 Å². The Bertz CT molecular complexity index is 475. The van der Waals surface area contributed by atoms with E-state index >= 15 is 0 Å². The summed E-state index contributed by atoms with van der Waals surface area (Å²) in [6.45, 7) is 0. The average Bonchev–Trinajstić information content (AvgIpc) is 2.82. The second kappa shape index (κ2) is 3.56. The Morgan fingerprint density at radius 3 is 1.72 bits per heavy atom. The summed E-state index contributed by atoms with van der Waals surface area (Å²) in [4.78, 5) is -2.93. The lowest BCUT2D eigenvalue weighted by Gasteiger charge is -2.33. The van der Waals surface area contributed by atoms with Crippen molar-refractivity contribution in [1.29, 1.82) is 0 Å². The van der Waals surface area contributed by atoms with E-state index in [2.05, 4.69) is 0 Å². The first-order valence-corrected chi connectivity index (χ1v) is 7.46. The van der Waals surface area contributed by atoms with Gasteiger partial charge in [-0.15, -0.1) is 23.2 Å². The highest BCUT2D eigenvalue weighted by Gasteiger charge is 2.82. The first-order valence-electron chi connectivity index (χ1n) is 5.20. The van der Waals surface area contributed by atoms with Gasteiger partial charge in [0.2, 0.25) is 0 Å². The Kier molecular flexibility index (Phi) is 2.83. The molecule has 0 aromatic rings. The number of hydrogen-bond acceptors (Lipinski definition) is 0. The molecule has 0 heterocycles. The van der Waals surface area contributed by atoms with Gasteiger partial charge in [0.05, 0.1) is 10.1 Å². The van der Waals surface area contributed by atoms with Crippen molar-refractivity contribution >= 4 is 69.6 Å². The van der Waals surface area contributed by atoms with Crippen LogP contribution in [0.25, 0.3) is 0 Å². The Balaban J connectivity index is 2.11. The molecule has 0 aliphatic heterocycles. The molecule has 8 heteroatoms. The topological polar surface area (TPSA) is 0 Å². The van der Waals surface area contributed by atoms with Gasteiger partial charge in [-0.05, 0) is 12.3 Å². The van der Waals surface area contributed by atoms with Crippen LogP contribution in [0.1, 0.15) is 12.8 Å². The molecule has 0 radical (unpaired) electrons. The van der Waals surface area contributed by atoms with Gasteiger partial charge in [-0.3, -0.25) is 0 Å². The standard InChI is InChI=1S/C10H6Cl6F2/c11-5-6(12)9(14)4(3-2-8(3,17)18)1-7(5,13)10(9,15)16/h3-4H,1-2H2/t3-,4+,7+,9+/m0/s1. The summed E-state index contributed by atoms with van der Waals surface area (Å²) in [6, 6.07) is 0. The van der Waals surface area contributed by atoms with Crippen LogP contribution in [-0.4, -0.2) is 20.0 Å². The summed E-state index contributed by atoms with van der Waals surface area (Å²) in [6.07, 6.45) is -0.148. The van der Waals surface area contributed by atoms with E-state index in [0.29, 0.717) is 0 Å². The summed E-state index contributed by atoms with van der Waals surface area (Å²) >= 11 is 37.2. The van der Waals surface area contributed by atoms with Gasteiger partial charge < -0.3 is 0 Å². The van der Waals surface area contributed by atoms with Gasteiger partial charge in [0.15, 0.2) is 4.33 Å². The van der Waals surface area contributed by atoms with Crippen LogP contribution in [0.4, 0.5) is 8.78 Å². The molecule has 0 aromatic heterocycles. The van der Waals surface area contributed by atoms with Crippen LogP contribution in [0.15, 0.2) is 10.1 Å². The average molecular weight is 377 g/mol. The normalized spacial score (nSPS) is 52.0. The lowest BCUT2D eigenvalue weighted by atomic mass is 9.87. The molecule has 3 rings (SSSR count). The maximum absolute atomic E-state index is 13.3. The van der Waals surface area contributed by atoms with Crippen molar-refractivity contribution < 1.29 is 8.78 Å². The zero-order valence-electron chi connectivity index (χ0n) is 8.59. The Morgan fingerprint density at radius 2 is 1.39 bits per heavy atom. The zero-order valence-corrected chi connectivity index (χ0v) is 13.1. The van der Waals surface area contributed by atoms with Gasteiger partial charge in [-0.25, -0.2) is 8.78 Å². The van der Waals surface area contributed by atoms with Crippen molar-refractivity contribution in [3.05, 3.63) is 10.1 Å². The van der Waals surface area contributed by atoms with Crippen LogP contribution in [0.5, 0.6) is 0 Å². The number of fused-ring (bicyclic) bond motifs is 2. The highest BCUT2D eigenvalue weighted by atomic mass is 35.5. The molecule has 2 fully saturated rings. The number of halogens is 8. The predicted molar refractivity (Wildman–Crippen MR) is 71.5 cm³/mol. The minimum atomic E-state index is -2.75. The molecule has 0 nitrogen and oxygen atoms in total. The molecule has 18 heavy (non-hydrogen) atoms. The Labute approximate surface area is 132 Å². The van der Waals surface area contributed by atoms with Crippen LogP contribution >= 0.6 is 69.6 Å². The molecule has 0 N–H and O–H groups in total. The van der Waals surface area contributed by atoms with Crippen molar-refractivity contribution in [2.75, 3.05) is 0 Å². The third-order valence-corrected chi connectivity index (χ3v) is 8.48. The number of hydrogen-bond donors (Lipinski definition) is 0. The van der Waals surface area contributed by atoms with E-state index in [1.54, 1.807) is 0 Å². The van der Waals surface area contributed by atoms with Crippen molar-refractivity contribution in [2.24, 2.45) is 11.8 Å². The van der Waals surface area contributed by atoms with Gasteiger partial charge in [-0.1, -0.05) is 46.4 Å². The smallest absolute Gasteiger partial charge is 0.207 e. The van der Waals surface area contributed by atoms with Crippen molar-refractivity contribution in [1.82, 2.24) is 0 Å². The Hall–Kier alpha value is 1.34. The molecule has 0 saturated heterocycles. The van der Waals surface area contributed by atoms with Crippen LogP contribution in [0.3, 0.4) is 0 Å². The van der Waals surface area contributed by atoms with Gasteiger partial charge in [-0.2, -0.15) is 0 Å². The van der Waals surface area contributed by atoms with E-state index in [1.807, 2.05) is 0 Å². The summed E-state index contributed by atoms with van der Waals surface area (Å²) in [5, 5.41) is 0.0517. The molecule has 0 amide bonds. The van der Waals surface area contributed by atoms with Gasteiger partial charge in [0.1, 0.15) is 9.75 Å². The van der Waals surface area contributed by atoms with Crippen LogP contribution in [0.2, 0.25) is 0 Å². The van der Waals surface area contributed by atoms with E-state index in [9.17, 15) is 8.78 Å². The molecular formula is C10H6Cl6F2. The molecule has 0 aromatic carbocycles. The van der Waals surface area contributed by atoms with Crippen molar-refractivity contribution in [3.8, 4) is 0 Å². The van der Waals surface area contributed by atoms with E-state index in [1.165, 1.54) is 0 Å². The van der Waals surface area contributed by atoms with Crippen LogP contribution in [-0.2, 0) is 0 Å². The van der Waals surface area contributed by atoms with E-state index < -0.39 is 31.8 Å². The van der Waals surface area contributed by atoms with Gasteiger partial charge in [0, 0.05) is 12.3 Å². The quantitative estimate of drug-likeness (QED) is 0.530. The second-order valence-electron chi connectivity index (χ2n) is 5.10. The zero-order chi connectivity index (χ0) is 13.7. The molecule has 0 spiro atoms. The summed E-state index contributed by atoms with van der Waals surface area (Å²) in [7, 11) is 0. The van der Waals surface area contributed by atoms with E-state index in [0.717, 1.165) is 0 Å². The summed E-state index contributed by atoms with van der Waals surface area (Å²) < 4.78 is 24.8.